The summed E-state index contributed by atoms with van der Waals surface area (Å²) in [4.78, 5) is 18.4. The van der Waals surface area contributed by atoms with E-state index < -0.39 is 35.0 Å². The van der Waals surface area contributed by atoms with Gasteiger partial charge in [-0.25, -0.2) is 4.98 Å². The molecule has 0 unspecified atom stereocenters. The maximum atomic E-state index is 13.1. The minimum atomic E-state index is -4.99. The molecule has 0 bridgehead atoms. The topological polar surface area (TPSA) is 38.1 Å². The number of carbonyl (C=O) groups excluding carboxylic acids is 1. The molecular formula is C22H19F6N3O. The van der Waals surface area contributed by atoms with Gasteiger partial charge in [0.1, 0.15) is 0 Å². The van der Waals surface area contributed by atoms with Crippen molar-refractivity contribution in [2.75, 3.05) is 13.1 Å². The highest BCUT2D eigenvalue weighted by atomic mass is 19.4. The summed E-state index contributed by atoms with van der Waals surface area (Å²) in [5.41, 5.74) is -1.74. The molecule has 1 fully saturated rings. The van der Waals surface area contributed by atoms with Gasteiger partial charge >= 0.3 is 12.4 Å². The molecule has 0 atom stereocenters. The summed E-state index contributed by atoms with van der Waals surface area (Å²) in [5.74, 6) is -0.614. The number of benzene rings is 2. The van der Waals surface area contributed by atoms with Crippen LogP contribution in [0.15, 0.2) is 48.8 Å². The van der Waals surface area contributed by atoms with E-state index in [1.807, 2.05) is 28.8 Å². The number of amides is 1. The Hall–Kier alpha value is -3.04. The van der Waals surface area contributed by atoms with Gasteiger partial charge in [0.05, 0.1) is 28.5 Å². The van der Waals surface area contributed by atoms with E-state index in [0.29, 0.717) is 31.5 Å². The molecule has 1 aliphatic heterocycles. The van der Waals surface area contributed by atoms with Crippen LogP contribution in [-0.4, -0.2) is 33.4 Å². The van der Waals surface area contributed by atoms with Crippen molar-refractivity contribution in [1.82, 2.24) is 14.5 Å². The minimum absolute atomic E-state index is 0.0262. The van der Waals surface area contributed by atoms with Crippen LogP contribution in [0.4, 0.5) is 26.3 Å². The van der Waals surface area contributed by atoms with E-state index in [2.05, 4.69) is 4.98 Å². The number of nitrogens with zero attached hydrogens (tertiary/aromatic N) is 3. The fourth-order valence-corrected chi connectivity index (χ4v) is 4.01. The van der Waals surface area contributed by atoms with E-state index in [0.717, 1.165) is 11.0 Å². The van der Waals surface area contributed by atoms with E-state index in [-0.39, 0.29) is 25.1 Å². The predicted octanol–water partition coefficient (Wildman–Crippen LogP) is 5.63. The van der Waals surface area contributed by atoms with E-state index in [1.54, 1.807) is 6.33 Å². The van der Waals surface area contributed by atoms with Crippen LogP contribution in [-0.2, 0) is 18.9 Å². The third-order valence-electron chi connectivity index (χ3n) is 5.72. The molecule has 1 aliphatic rings. The van der Waals surface area contributed by atoms with Crippen LogP contribution in [0.5, 0.6) is 0 Å². The molecule has 0 spiro atoms. The van der Waals surface area contributed by atoms with Gasteiger partial charge in [-0.3, -0.25) is 4.79 Å². The van der Waals surface area contributed by atoms with Crippen molar-refractivity contribution in [1.29, 1.82) is 0 Å². The van der Waals surface area contributed by atoms with E-state index in [4.69, 9.17) is 0 Å². The summed E-state index contributed by atoms with van der Waals surface area (Å²) in [7, 11) is 0. The van der Waals surface area contributed by atoms with Crippen LogP contribution < -0.4 is 0 Å². The Morgan fingerprint density at radius 3 is 2.12 bits per heavy atom. The molecule has 0 N–H and O–H groups in total. The van der Waals surface area contributed by atoms with Crippen LogP contribution in [0.25, 0.3) is 11.0 Å². The smallest absolute Gasteiger partial charge is 0.339 e. The molecule has 32 heavy (non-hydrogen) atoms. The molecule has 3 aromatic rings. The van der Waals surface area contributed by atoms with Crippen molar-refractivity contribution in [2.45, 2.75) is 31.7 Å². The zero-order valence-corrected chi connectivity index (χ0v) is 16.7. The number of fused-ring (bicyclic) bond motifs is 1. The number of hydrogen-bond donors (Lipinski definition) is 0. The number of imidazole rings is 1. The standard InChI is InChI=1S/C22H19F6N3O/c23-21(24,25)16-9-15(10-17(11-16)22(26,27)28)20(32)30-7-5-14(6-8-30)12-31-13-29-18-3-1-2-4-19(18)31/h1-4,9-11,13-14H,5-8,12H2. The van der Waals surface area contributed by atoms with Crippen LogP contribution >= 0.6 is 0 Å². The molecule has 4 rings (SSSR count). The first kappa shape index (κ1) is 22.2. The molecule has 2 aromatic carbocycles. The molecule has 4 nitrogen and oxygen atoms in total. The lowest BCUT2D eigenvalue weighted by molar-refractivity contribution is -0.143. The summed E-state index contributed by atoms with van der Waals surface area (Å²) in [6, 6.07) is 8.65. The van der Waals surface area contributed by atoms with Crippen LogP contribution in [0.3, 0.4) is 0 Å². The maximum absolute atomic E-state index is 13.1. The largest absolute Gasteiger partial charge is 0.416 e. The van der Waals surface area contributed by atoms with Crippen molar-refractivity contribution in [3.05, 3.63) is 65.5 Å². The van der Waals surface area contributed by atoms with Gasteiger partial charge in [0.15, 0.2) is 0 Å². The Morgan fingerprint density at radius 1 is 0.938 bits per heavy atom. The highest BCUT2D eigenvalue weighted by Gasteiger charge is 2.38. The number of hydrogen-bond acceptors (Lipinski definition) is 2. The Morgan fingerprint density at radius 2 is 1.53 bits per heavy atom. The molecule has 0 saturated carbocycles. The lowest BCUT2D eigenvalue weighted by Gasteiger charge is -2.32. The SMILES string of the molecule is O=C(c1cc(C(F)(F)F)cc(C(F)(F)F)c1)N1CCC(Cn2cnc3ccccc32)CC1. The Kier molecular flexibility index (Phi) is 5.64. The Labute approximate surface area is 179 Å². The van der Waals surface area contributed by atoms with E-state index in [9.17, 15) is 31.1 Å². The highest BCUT2D eigenvalue weighted by Crippen LogP contribution is 2.36. The molecule has 1 amide bonds. The summed E-state index contributed by atoms with van der Waals surface area (Å²) >= 11 is 0. The third kappa shape index (κ3) is 4.58. The second kappa shape index (κ2) is 8.14. The van der Waals surface area contributed by atoms with Crippen LogP contribution in [0, 0.1) is 5.92 Å². The van der Waals surface area contributed by atoms with Gasteiger partial charge < -0.3 is 9.47 Å². The molecular weight excluding hydrogens is 436 g/mol. The van der Waals surface area contributed by atoms with Crippen LogP contribution in [0.1, 0.15) is 34.3 Å². The minimum Gasteiger partial charge on any atom is -0.339 e. The third-order valence-corrected chi connectivity index (χ3v) is 5.72. The molecule has 1 saturated heterocycles. The quantitative estimate of drug-likeness (QED) is 0.481. The van der Waals surface area contributed by atoms with Crippen molar-refractivity contribution < 1.29 is 31.1 Å². The molecule has 0 radical (unpaired) electrons. The van der Waals surface area contributed by atoms with Crippen molar-refractivity contribution in [2.24, 2.45) is 5.92 Å². The summed E-state index contributed by atoms with van der Waals surface area (Å²) in [6.07, 6.45) is -7.07. The predicted molar refractivity (Wildman–Crippen MR) is 105 cm³/mol. The molecule has 170 valence electrons. The first-order valence-corrected chi connectivity index (χ1v) is 10.0. The zero-order valence-electron chi connectivity index (χ0n) is 16.7. The fraction of sp³-hybridized carbons (Fsp3) is 0.364. The van der Waals surface area contributed by atoms with E-state index in [1.165, 1.54) is 4.90 Å². The summed E-state index contributed by atoms with van der Waals surface area (Å²) in [5, 5.41) is 0. The normalized spacial score (nSPS) is 16.0. The van der Waals surface area contributed by atoms with Gasteiger partial charge in [-0.2, -0.15) is 26.3 Å². The average molecular weight is 455 g/mol. The number of rotatable bonds is 3. The zero-order chi connectivity index (χ0) is 23.1. The number of alkyl halides is 6. The first-order chi connectivity index (χ1) is 15.0. The highest BCUT2D eigenvalue weighted by molar-refractivity contribution is 5.94. The molecule has 2 heterocycles. The maximum Gasteiger partial charge on any atom is 0.416 e. The van der Waals surface area contributed by atoms with Crippen LogP contribution in [0.2, 0.25) is 0 Å². The van der Waals surface area contributed by atoms with Crippen molar-refractivity contribution in [3.63, 3.8) is 0 Å². The number of aromatic nitrogens is 2. The number of halogens is 6. The van der Waals surface area contributed by atoms with Crippen molar-refractivity contribution in [3.8, 4) is 0 Å². The molecule has 0 aliphatic carbocycles. The van der Waals surface area contributed by atoms with Gasteiger partial charge in [0, 0.05) is 25.2 Å². The molecule has 1 aromatic heterocycles. The van der Waals surface area contributed by atoms with Crippen molar-refractivity contribution >= 4 is 16.9 Å². The average Bonchev–Trinajstić information content (AvgIpc) is 3.15. The van der Waals surface area contributed by atoms with Gasteiger partial charge in [-0.1, -0.05) is 12.1 Å². The Balaban J connectivity index is 1.47. The lowest BCUT2D eigenvalue weighted by Crippen LogP contribution is -2.39. The number of likely N-dealkylation sites (tertiary alicyclic amines) is 1. The lowest BCUT2D eigenvalue weighted by atomic mass is 9.95. The van der Waals surface area contributed by atoms with Gasteiger partial charge in [0.2, 0.25) is 0 Å². The first-order valence-electron chi connectivity index (χ1n) is 10.0. The van der Waals surface area contributed by atoms with Gasteiger partial charge in [-0.05, 0) is 49.1 Å². The second-order valence-electron chi connectivity index (χ2n) is 7.92. The van der Waals surface area contributed by atoms with E-state index >= 15 is 0 Å². The Bertz CT molecular complexity index is 1090. The monoisotopic (exact) mass is 455 g/mol. The fourth-order valence-electron chi connectivity index (χ4n) is 4.01. The molecule has 10 heteroatoms. The number of carbonyl (C=O) groups is 1. The second-order valence-corrected chi connectivity index (χ2v) is 7.92. The summed E-state index contributed by atoms with van der Waals surface area (Å²) in [6.45, 7) is 1.19. The number of piperidine rings is 1. The van der Waals surface area contributed by atoms with Gasteiger partial charge in [0.25, 0.3) is 5.91 Å². The van der Waals surface area contributed by atoms with Gasteiger partial charge in [-0.15, -0.1) is 0 Å². The number of para-hydroxylation sites is 2. The summed E-state index contributed by atoms with van der Waals surface area (Å²) < 4.78 is 80.5.